The summed E-state index contributed by atoms with van der Waals surface area (Å²) in [5.74, 6) is -1.18. The third kappa shape index (κ3) is 5.85. The van der Waals surface area contributed by atoms with E-state index in [0.717, 1.165) is 5.56 Å². The topological polar surface area (TPSA) is 61.4 Å². The highest BCUT2D eigenvalue weighted by Crippen LogP contribution is 2.14. The van der Waals surface area contributed by atoms with Gasteiger partial charge in [0.2, 0.25) is 0 Å². The molecule has 0 radical (unpaired) electrons. The fourth-order valence-corrected chi connectivity index (χ4v) is 2.48. The van der Waals surface area contributed by atoms with Crippen molar-refractivity contribution in [3.8, 4) is 0 Å². The fourth-order valence-electron chi connectivity index (χ4n) is 2.25. The van der Waals surface area contributed by atoms with E-state index in [1.807, 2.05) is 11.8 Å². The lowest BCUT2D eigenvalue weighted by molar-refractivity contribution is -0.123. The highest BCUT2D eigenvalue weighted by molar-refractivity contribution is 6.33. The summed E-state index contributed by atoms with van der Waals surface area (Å²) in [6.45, 7) is 2.99. The van der Waals surface area contributed by atoms with Crippen LogP contribution in [0.5, 0.6) is 0 Å². The molecule has 0 aromatic heterocycles. The number of hydrogen-bond acceptors (Lipinski definition) is 3. The van der Waals surface area contributed by atoms with Crippen LogP contribution in [-0.2, 0) is 11.3 Å². The van der Waals surface area contributed by atoms with Gasteiger partial charge >= 0.3 is 0 Å². The van der Waals surface area contributed by atoms with Gasteiger partial charge in [-0.15, -0.1) is 0 Å². The number of carbonyl (C=O) groups is 2. The van der Waals surface area contributed by atoms with Crippen molar-refractivity contribution in [1.29, 1.82) is 0 Å². The van der Waals surface area contributed by atoms with Gasteiger partial charge in [-0.1, -0.05) is 42.8 Å². The molecule has 0 bridgehead atoms. The van der Waals surface area contributed by atoms with Crippen LogP contribution >= 0.6 is 11.6 Å². The molecular formula is C18H19ClFN3O2. The van der Waals surface area contributed by atoms with Gasteiger partial charge < -0.3 is 0 Å². The van der Waals surface area contributed by atoms with Gasteiger partial charge in [0, 0.05) is 6.54 Å². The quantitative estimate of drug-likeness (QED) is 0.776. The van der Waals surface area contributed by atoms with Crippen LogP contribution in [0.2, 0.25) is 5.02 Å². The molecule has 0 spiro atoms. The predicted octanol–water partition coefficient (Wildman–Crippen LogP) is 2.76. The molecule has 2 amide bonds. The standard InChI is InChI=1S/C18H19ClFN3O2/c1-2-23(11-13-6-5-7-14(20)10-13)12-17(24)21-22-18(25)15-8-3-4-9-16(15)19/h3-10H,2,11-12H2,1H3,(H,21,24)(H,22,25). The van der Waals surface area contributed by atoms with E-state index in [4.69, 9.17) is 11.6 Å². The Labute approximate surface area is 150 Å². The maximum absolute atomic E-state index is 13.2. The predicted molar refractivity (Wildman–Crippen MR) is 94.4 cm³/mol. The Morgan fingerprint density at radius 1 is 1.12 bits per heavy atom. The number of hydrazine groups is 1. The number of carbonyl (C=O) groups excluding carboxylic acids is 2. The number of nitrogens with zero attached hydrogens (tertiary/aromatic N) is 1. The molecule has 0 saturated carbocycles. The third-order valence-electron chi connectivity index (χ3n) is 3.54. The van der Waals surface area contributed by atoms with Crippen molar-refractivity contribution in [2.75, 3.05) is 13.1 Å². The number of benzene rings is 2. The molecule has 2 N–H and O–H groups in total. The van der Waals surface area contributed by atoms with Crippen LogP contribution in [0.1, 0.15) is 22.8 Å². The lowest BCUT2D eigenvalue weighted by Gasteiger charge is -2.20. The zero-order chi connectivity index (χ0) is 18.2. The molecule has 7 heteroatoms. The number of hydrogen-bond donors (Lipinski definition) is 2. The van der Waals surface area contributed by atoms with Gasteiger partial charge in [-0.3, -0.25) is 25.3 Å². The Balaban J connectivity index is 1.85. The normalized spacial score (nSPS) is 10.6. The van der Waals surface area contributed by atoms with Gasteiger partial charge in [-0.25, -0.2) is 4.39 Å². The van der Waals surface area contributed by atoms with Crippen LogP contribution in [0.25, 0.3) is 0 Å². The molecule has 5 nitrogen and oxygen atoms in total. The summed E-state index contributed by atoms with van der Waals surface area (Å²) in [5, 5.41) is 0.301. The van der Waals surface area contributed by atoms with E-state index in [9.17, 15) is 14.0 Å². The van der Waals surface area contributed by atoms with E-state index in [1.165, 1.54) is 12.1 Å². The number of likely N-dealkylation sites (N-methyl/N-ethyl adjacent to an activating group) is 1. The van der Waals surface area contributed by atoms with Crippen LogP contribution in [0.3, 0.4) is 0 Å². The van der Waals surface area contributed by atoms with Gasteiger partial charge in [-0.05, 0) is 36.4 Å². The highest BCUT2D eigenvalue weighted by atomic mass is 35.5. The molecule has 0 atom stereocenters. The first-order chi connectivity index (χ1) is 12.0. The van der Waals surface area contributed by atoms with Gasteiger partial charge in [0.1, 0.15) is 5.82 Å². The lowest BCUT2D eigenvalue weighted by atomic mass is 10.2. The van der Waals surface area contributed by atoms with E-state index < -0.39 is 5.91 Å². The molecule has 0 aliphatic carbocycles. The molecule has 132 valence electrons. The van der Waals surface area contributed by atoms with Crippen LogP contribution in [0, 0.1) is 5.82 Å². The Morgan fingerprint density at radius 2 is 1.88 bits per heavy atom. The average molecular weight is 364 g/mol. The van der Waals surface area contributed by atoms with Crippen molar-refractivity contribution in [3.05, 3.63) is 70.5 Å². The fraction of sp³-hybridized carbons (Fsp3) is 0.222. The number of rotatable bonds is 6. The van der Waals surface area contributed by atoms with Crippen LogP contribution in [0.15, 0.2) is 48.5 Å². The van der Waals surface area contributed by atoms with Crippen LogP contribution < -0.4 is 10.9 Å². The molecule has 2 rings (SSSR count). The van der Waals surface area contributed by atoms with Gasteiger partial charge in [-0.2, -0.15) is 0 Å². The summed E-state index contributed by atoms with van der Waals surface area (Å²) in [5.41, 5.74) is 5.74. The van der Waals surface area contributed by atoms with E-state index >= 15 is 0 Å². The molecule has 2 aromatic carbocycles. The average Bonchev–Trinajstić information content (AvgIpc) is 2.59. The Kier molecular flexibility index (Phi) is 6.91. The molecule has 0 aliphatic heterocycles. The van der Waals surface area contributed by atoms with Gasteiger partial charge in [0.15, 0.2) is 0 Å². The maximum atomic E-state index is 13.2. The molecule has 0 saturated heterocycles. The molecule has 0 fully saturated rings. The van der Waals surface area contributed by atoms with E-state index in [0.29, 0.717) is 18.1 Å². The van der Waals surface area contributed by atoms with Crippen molar-refractivity contribution in [2.45, 2.75) is 13.5 Å². The Hall–Kier alpha value is -2.44. The summed E-state index contributed by atoms with van der Waals surface area (Å²) in [6, 6.07) is 12.8. The minimum Gasteiger partial charge on any atom is -0.290 e. The summed E-state index contributed by atoms with van der Waals surface area (Å²) in [7, 11) is 0. The summed E-state index contributed by atoms with van der Waals surface area (Å²) in [4.78, 5) is 25.8. The van der Waals surface area contributed by atoms with Crippen molar-refractivity contribution >= 4 is 23.4 Å². The summed E-state index contributed by atoms with van der Waals surface area (Å²) in [6.07, 6.45) is 0. The number of amides is 2. The second kappa shape index (κ2) is 9.15. The Bertz CT molecular complexity index is 755. The second-order valence-electron chi connectivity index (χ2n) is 5.42. The molecule has 0 aliphatic rings. The molecule has 0 unspecified atom stereocenters. The Morgan fingerprint density at radius 3 is 2.56 bits per heavy atom. The number of nitrogens with one attached hydrogen (secondary N) is 2. The van der Waals surface area contributed by atoms with Gasteiger partial charge in [0.25, 0.3) is 11.8 Å². The first kappa shape index (κ1) is 18.9. The SMILES string of the molecule is CCN(CC(=O)NNC(=O)c1ccccc1Cl)Cc1cccc(F)c1. The lowest BCUT2D eigenvalue weighted by Crippen LogP contribution is -2.46. The van der Waals surface area contributed by atoms with E-state index in [-0.39, 0.29) is 23.8 Å². The monoisotopic (exact) mass is 363 g/mol. The third-order valence-corrected chi connectivity index (χ3v) is 3.87. The molecule has 2 aromatic rings. The first-order valence-corrected chi connectivity index (χ1v) is 8.18. The van der Waals surface area contributed by atoms with E-state index in [1.54, 1.807) is 36.4 Å². The minimum absolute atomic E-state index is 0.0653. The van der Waals surface area contributed by atoms with Gasteiger partial charge in [0.05, 0.1) is 17.1 Å². The zero-order valence-corrected chi connectivity index (χ0v) is 14.5. The molecule has 25 heavy (non-hydrogen) atoms. The largest absolute Gasteiger partial charge is 0.290 e. The highest BCUT2D eigenvalue weighted by Gasteiger charge is 2.13. The van der Waals surface area contributed by atoms with Crippen molar-refractivity contribution in [1.82, 2.24) is 15.8 Å². The van der Waals surface area contributed by atoms with Crippen LogP contribution in [0.4, 0.5) is 4.39 Å². The van der Waals surface area contributed by atoms with Crippen molar-refractivity contribution in [3.63, 3.8) is 0 Å². The number of halogens is 2. The first-order valence-electron chi connectivity index (χ1n) is 7.80. The van der Waals surface area contributed by atoms with Crippen molar-refractivity contribution < 1.29 is 14.0 Å². The minimum atomic E-state index is -0.493. The maximum Gasteiger partial charge on any atom is 0.271 e. The smallest absolute Gasteiger partial charge is 0.271 e. The van der Waals surface area contributed by atoms with E-state index in [2.05, 4.69) is 10.9 Å². The molecular weight excluding hydrogens is 345 g/mol. The molecule has 0 heterocycles. The van der Waals surface area contributed by atoms with Crippen LogP contribution in [-0.4, -0.2) is 29.8 Å². The van der Waals surface area contributed by atoms with Crippen molar-refractivity contribution in [2.24, 2.45) is 0 Å². The summed E-state index contributed by atoms with van der Waals surface area (Å²) < 4.78 is 13.2. The zero-order valence-electron chi connectivity index (χ0n) is 13.8. The summed E-state index contributed by atoms with van der Waals surface area (Å²) >= 11 is 5.93. The second-order valence-corrected chi connectivity index (χ2v) is 5.82.